The molecule has 1 saturated heterocycles. The Kier molecular flexibility index (Phi) is 3.76. The number of ether oxygens (including phenoxy) is 1. The normalized spacial score (nSPS) is 27.1. The van der Waals surface area contributed by atoms with Crippen LogP contribution in [0.2, 0.25) is 0 Å². The first kappa shape index (κ1) is 9.75. The van der Waals surface area contributed by atoms with Crippen molar-refractivity contribution in [1.82, 2.24) is 4.90 Å². The van der Waals surface area contributed by atoms with Gasteiger partial charge in [-0.05, 0) is 20.3 Å². The second-order valence-electron chi connectivity index (χ2n) is 3.56. The molecule has 1 rings (SSSR count). The summed E-state index contributed by atoms with van der Waals surface area (Å²) < 4.78 is 5.47. The van der Waals surface area contributed by atoms with Crippen LogP contribution < -0.4 is 0 Å². The van der Waals surface area contributed by atoms with Crippen molar-refractivity contribution < 1.29 is 4.74 Å². The SMILES string of the molecule is C=CC1COCCCN1C(C)C. The molecule has 0 bridgehead atoms. The topological polar surface area (TPSA) is 12.5 Å². The van der Waals surface area contributed by atoms with Gasteiger partial charge >= 0.3 is 0 Å². The van der Waals surface area contributed by atoms with Gasteiger partial charge in [-0.1, -0.05) is 6.08 Å². The molecule has 1 aliphatic heterocycles. The summed E-state index contributed by atoms with van der Waals surface area (Å²) >= 11 is 0. The maximum Gasteiger partial charge on any atom is 0.0657 e. The van der Waals surface area contributed by atoms with Crippen LogP contribution in [0.25, 0.3) is 0 Å². The predicted octanol–water partition coefficient (Wildman–Crippen LogP) is 1.67. The van der Waals surface area contributed by atoms with Crippen LogP contribution in [0.5, 0.6) is 0 Å². The van der Waals surface area contributed by atoms with Crippen molar-refractivity contribution in [2.45, 2.75) is 32.4 Å². The van der Waals surface area contributed by atoms with Gasteiger partial charge in [0.2, 0.25) is 0 Å². The summed E-state index contributed by atoms with van der Waals surface area (Å²) in [5.74, 6) is 0. The fourth-order valence-corrected chi connectivity index (χ4v) is 1.66. The largest absolute Gasteiger partial charge is 0.379 e. The van der Waals surface area contributed by atoms with Gasteiger partial charge in [0, 0.05) is 19.2 Å². The Labute approximate surface area is 75.2 Å². The molecule has 12 heavy (non-hydrogen) atoms. The molecule has 1 fully saturated rings. The van der Waals surface area contributed by atoms with E-state index in [9.17, 15) is 0 Å². The molecule has 1 heterocycles. The molecule has 1 atom stereocenters. The summed E-state index contributed by atoms with van der Waals surface area (Å²) in [4.78, 5) is 2.44. The van der Waals surface area contributed by atoms with E-state index in [1.54, 1.807) is 0 Å². The summed E-state index contributed by atoms with van der Waals surface area (Å²) in [5, 5.41) is 0. The minimum Gasteiger partial charge on any atom is -0.379 e. The first-order chi connectivity index (χ1) is 5.75. The molecule has 0 aromatic heterocycles. The van der Waals surface area contributed by atoms with E-state index in [2.05, 4.69) is 25.3 Å². The third-order valence-corrected chi connectivity index (χ3v) is 2.35. The zero-order chi connectivity index (χ0) is 8.97. The minimum absolute atomic E-state index is 0.410. The Bertz CT molecular complexity index is 145. The van der Waals surface area contributed by atoms with Crippen molar-refractivity contribution in [2.75, 3.05) is 19.8 Å². The van der Waals surface area contributed by atoms with Gasteiger partial charge in [-0.25, -0.2) is 0 Å². The first-order valence-electron chi connectivity index (χ1n) is 4.71. The van der Waals surface area contributed by atoms with E-state index in [1.807, 2.05) is 6.08 Å². The fraction of sp³-hybridized carbons (Fsp3) is 0.800. The molecule has 0 amide bonds. The highest BCUT2D eigenvalue weighted by Crippen LogP contribution is 2.11. The Morgan fingerprint density at radius 3 is 2.92 bits per heavy atom. The average molecular weight is 169 g/mol. The lowest BCUT2D eigenvalue weighted by Crippen LogP contribution is -2.40. The summed E-state index contributed by atoms with van der Waals surface area (Å²) in [7, 11) is 0. The van der Waals surface area contributed by atoms with Crippen molar-refractivity contribution in [2.24, 2.45) is 0 Å². The molecule has 0 spiro atoms. The van der Waals surface area contributed by atoms with Crippen molar-refractivity contribution >= 4 is 0 Å². The van der Waals surface area contributed by atoms with E-state index >= 15 is 0 Å². The van der Waals surface area contributed by atoms with Crippen LogP contribution in [0.4, 0.5) is 0 Å². The number of rotatable bonds is 2. The van der Waals surface area contributed by atoms with Crippen molar-refractivity contribution in [3.05, 3.63) is 12.7 Å². The predicted molar refractivity (Wildman–Crippen MR) is 51.3 cm³/mol. The van der Waals surface area contributed by atoms with Crippen molar-refractivity contribution in [3.63, 3.8) is 0 Å². The van der Waals surface area contributed by atoms with Gasteiger partial charge in [0.05, 0.1) is 12.6 Å². The number of nitrogens with zero attached hydrogens (tertiary/aromatic N) is 1. The van der Waals surface area contributed by atoms with E-state index in [0.29, 0.717) is 12.1 Å². The van der Waals surface area contributed by atoms with Gasteiger partial charge in [0.15, 0.2) is 0 Å². The number of hydrogen-bond donors (Lipinski definition) is 0. The Balaban J connectivity index is 2.57. The molecule has 1 aliphatic rings. The Morgan fingerprint density at radius 1 is 1.58 bits per heavy atom. The van der Waals surface area contributed by atoms with Gasteiger partial charge in [0.25, 0.3) is 0 Å². The monoisotopic (exact) mass is 169 g/mol. The average Bonchev–Trinajstić information content (AvgIpc) is 2.27. The molecule has 2 heteroatoms. The van der Waals surface area contributed by atoms with E-state index in [4.69, 9.17) is 4.74 Å². The van der Waals surface area contributed by atoms with E-state index < -0.39 is 0 Å². The standard InChI is InChI=1S/C10H19NO/c1-4-10-8-12-7-5-6-11(10)9(2)3/h4,9-10H,1,5-8H2,2-3H3. The third-order valence-electron chi connectivity index (χ3n) is 2.35. The van der Waals surface area contributed by atoms with Crippen LogP contribution >= 0.6 is 0 Å². The molecule has 0 aliphatic carbocycles. The molecular weight excluding hydrogens is 150 g/mol. The van der Waals surface area contributed by atoms with E-state index in [1.165, 1.54) is 0 Å². The highest BCUT2D eigenvalue weighted by molar-refractivity contribution is 4.90. The van der Waals surface area contributed by atoms with Crippen molar-refractivity contribution in [1.29, 1.82) is 0 Å². The lowest BCUT2D eigenvalue weighted by Gasteiger charge is -2.30. The lowest BCUT2D eigenvalue weighted by molar-refractivity contribution is 0.108. The zero-order valence-electron chi connectivity index (χ0n) is 8.12. The van der Waals surface area contributed by atoms with Crippen LogP contribution in [-0.4, -0.2) is 36.7 Å². The van der Waals surface area contributed by atoms with Gasteiger partial charge in [0.1, 0.15) is 0 Å². The van der Waals surface area contributed by atoms with E-state index in [0.717, 1.165) is 26.2 Å². The van der Waals surface area contributed by atoms with Gasteiger partial charge in [-0.3, -0.25) is 4.90 Å². The second kappa shape index (κ2) is 4.63. The Morgan fingerprint density at radius 2 is 2.33 bits per heavy atom. The Hall–Kier alpha value is -0.340. The molecule has 0 aromatic rings. The fourth-order valence-electron chi connectivity index (χ4n) is 1.66. The summed E-state index contributed by atoms with van der Waals surface area (Å²) in [6.07, 6.45) is 3.13. The third kappa shape index (κ3) is 2.32. The summed E-state index contributed by atoms with van der Waals surface area (Å²) in [6, 6.07) is 1.00. The minimum atomic E-state index is 0.410. The van der Waals surface area contributed by atoms with Crippen LogP contribution in [-0.2, 0) is 4.74 Å². The zero-order valence-corrected chi connectivity index (χ0v) is 8.12. The van der Waals surface area contributed by atoms with Crippen LogP contribution in [0.3, 0.4) is 0 Å². The lowest BCUT2D eigenvalue weighted by atomic mass is 10.2. The second-order valence-corrected chi connectivity index (χ2v) is 3.56. The molecule has 70 valence electrons. The molecule has 1 unspecified atom stereocenters. The van der Waals surface area contributed by atoms with Gasteiger partial charge < -0.3 is 4.74 Å². The molecule has 0 aromatic carbocycles. The molecule has 0 radical (unpaired) electrons. The quantitative estimate of drug-likeness (QED) is 0.583. The van der Waals surface area contributed by atoms with Gasteiger partial charge in [-0.15, -0.1) is 6.58 Å². The van der Waals surface area contributed by atoms with Crippen LogP contribution in [0, 0.1) is 0 Å². The summed E-state index contributed by atoms with van der Waals surface area (Å²) in [5.41, 5.74) is 0. The molecule has 0 saturated carbocycles. The molecule has 2 nitrogen and oxygen atoms in total. The highest BCUT2D eigenvalue weighted by Gasteiger charge is 2.20. The number of hydrogen-bond acceptors (Lipinski definition) is 2. The van der Waals surface area contributed by atoms with Gasteiger partial charge in [-0.2, -0.15) is 0 Å². The maximum atomic E-state index is 5.47. The first-order valence-corrected chi connectivity index (χ1v) is 4.71. The highest BCUT2D eigenvalue weighted by atomic mass is 16.5. The van der Waals surface area contributed by atoms with Crippen molar-refractivity contribution in [3.8, 4) is 0 Å². The maximum absolute atomic E-state index is 5.47. The summed E-state index contributed by atoms with van der Waals surface area (Å²) in [6.45, 7) is 11.1. The van der Waals surface area contributed by atoms with E-state index in [-0.39, 0.29) is 0 Å². The van der Waals surface area contributed by atoms with Crippen LogP contribution in [0.1, 0.15) is 20.3 Å². The van der Waals surface area contributed by atoms with Crippen LogP contribution in [0.15, 0.2) is 12.7 Å². The smallest absolute Gasteiger partial charge is 0.0657 e. The molecular formula is C10H19NO. The molecule has 0 N–H and O–H groups in total.